The summed E-state index contributed by atoms with van der Waals surface area (Å²) in [5.74, 6) is 0.805. The highest BCUT2D eigenvalue weighted by Gasteiger charge is 2.04. The Morgan fingerprint density at radius 3 is 2.63 bits per heavy atom. The van der Waals surface area contributed by atoms with Crippen LogP contribution in [0, 0.1) is 0 Å². The molecule has 0 saturated carbocycles. The molecule has 5 nitrogen and oxygen atoms in total. The molecule has 0 aliphatic rings. The molecule has 0 spiro atoms. The monoisotopic (exact) mass is 275 g/mol. The van der Waals surface area contributed by atoms with Crippen LogP contribution in [0.5, 0.6) is 5.75 Å². The molecule has 1 heterocycles. The van der Waals surface area contributed by atoms with E-state index in [4.69, 9.17) is 15.7 Å². The summed E-state index contributed by atoms with van der Waals surface area (Å²) in [6.45, 7) is 0. The molecule has 98 valence electrons. The summed E-state index contributed by atoms with van der Waals surface area (Å²) in [5, 5.41) is 12.3. The van der Waals surface area contributed by atoms with E-state index >= 15 is 0 Å². The van der Waals surface area contributed by atoms with Crippen molar-refractivity contribution in [3.05, 3.63) is 48.2 Å². The van der Waals surface area contributed by atoms with Crippen LogP contribution >= 0.6 is 11.8 Å². The number of aromatic nitrogens is 1. The number of methoxy groups -OCH3 is 1. The average molecular weight is 275 g/mol. The first-order valence-corrected chi connectivity index (χ1v) is 6.31. The van der Waals surface area contributed by atoms with Gasteiger partial charge in [-0.3, -0.25) is 0 Å². The topological polar surface area (TPSA) is 80.7 Å². The van der Waals surface area contributed by atoms with E-state index in [1.807, 2.05) is 36.4 Å². The van der Waals surface area contributed by atoms with Crippen LogP contribution in [-0.2, 0) is 0 Å². The molecule has 2 rings (SSSR count). The van der Waals surface area contributed by atoms with Crippen LogP contribution in [0.25, 0.3) is 0 Å². The Labute approximate surface area is 115 Å². The van der Waals surface area contributed by atoms with Crippen molar-refractivity contribution in [2.75, 3.05) is 7.11 Å². The summed E-state index contributed by atoms with van der Waals surface area (Å²) in [7, 11) is 1.63. The number of ether oxygens (including phenoxy) is 1. The third kappa shape index (κ3) is 3.38. The van der Waals surface area contributed by atoms with Gasteiger partial charge in [-0.05, 0) is 36.4 Å². The summed E-state index contributed by atoms with van der Waals surface area (Å²) in [5.41, 5.74) is 5.95. The molecule has 19 heavy (non-hydrogen) atoms. The van der Waals surface area contributed by atoms with E-state index in [0.717, 1.165) is 15.7 Å². The van der Waals surface area contributed by atoms with E-state index in [0.29, 0.717) is 5.69 Å². The molecule has 2 aromatic rings. The van der Waals surface area contributed by atoms with Gasteiger partial charge in [-0.1, -0.05) is 23.0 Å². The minimum Gasteiger partial charge on any atom is -0.497 e. The molecule has 0 aliphatic heterocycles. The molecule has 3 N–H and O–H groups in total. The van der Waals surface area contributed by atoms with E-state index in [2.05, 4.69) is 10.1 Å². The number of hydrogen-bond acceptors (Lipinski definition) is 5. The Bertz CT molecular complexity index is 585. The van der Waals surface area contributed by atoms with Gasteiger partial charge in [0.05, 0.1) is 7.11 Å². The molecule has 0 atom stereocenters. The molecule has 1 aromatic heterocycles. The molecular weight excluding hydrogens is 262 g/mol. The van der Waals surface area contributed by atoms with Crippen molar-refractivity contribution in [3.63, 3.8) is 0 Å². The van der Waals surface area contributed by atoms with Crippen molar-refractivity contribution in [3.8, 4) is 5.75 Å². The molecule has 0 aliphatic carbocycles. The fourth-order valence-electron chi connectivity index (χ4n) is 1.43. The Hall–Kier alpha value is -2.21. The summed E-state index contributed by atoms with van der Waals surface area (Å²) >= 11 is 1.49. The Kier molecular flexibility index (Phi) is 4.25. The minimum absolute atomic E-state index is 0.00261. The van der Waals surface area contributed by atoms with Gasteiger partial charge in [-0.15, -0.1) is 0 Å². The average Bonchev–Trinajstić information content (AvgIpc) is 2.47. The van der Waals surface area contributed by atoms with Crippen molar-refractivity contribution >= 4 is 17.6 Å². The predicted molar refractivity (Wildman–Crippen MR) is 73.9 cm³/mol. The van der Waals surface area contributed by atoms with Crippen LogP contribution in [0.3, 0.4) is 0 Å². The lowest BCUT2D eigenvalue weighted by molar-refractivity contribution is 0.318. The van der Waals surface area contributed by atoms with E-state index in [1.165, 1.54) is 11.8 Å². The second-order valence-electron chi connectivity index (χ2n) is 3.62. The molecule has 0 amide bonds. The number of pyridine rings is 1. The van der Waals surface area contributed by atoms with Crippen molar-refractivity contribution in [1.82, 2.24) is 4.98 Å². The van der Waals surface area contributed by atoms with Gasteiger partial charge >= 0.3 is 0 Å². The van der Waals surface area contributed by atoms with Gasteiger partial charge in [-0.2, -0.15) is 0 Å². The van der Waals surface area contributed by atoms with E-state index < -0.39 is 0 Å². The quantitative estimate of drug-likeness (QED) is 0.387. The van der Waals surface area contributed by atoms with Gasteiger partial charge in [0.1, 0.15) is 16.5 Å². The summed E-state index contributed by atoms with van der Waals surface area (Å²) in [6.07, 6.45) is 0. The second-order valence-corrected chi connectivity index (χ2v) is 4.72. The maximum Gasteiger partial charge on any atom is 0.188 e. The molecule has 6 heteroatoms. The third-order valence-corrected chi connectivity index (χ3v) is 3.32. The molecular formula is C13H13N3O2S. The second kappa shape index (κ2) is 6.10. The zero-order chi connectivity index (χ0) is 13.7. The highest BCUT2D eigenvalue weighted by molar-refractivity contribution is 7.99. The number of oxime groups is 1. The van der Waals surface area contributed by atoms with E-state index in [1.54, 1.807) is 13.2 Å². The van der Waals surface area contributed by atoms with Gasteiger partial charge in [0, 0.05) is 4.90 Å². The van der Waals surface area contributed by atoms with Gasteiger partial charge < -0.3 is 15.7 Å². The summed E-state index contributed by atoms with van der Waals surface area (Å²) in [6, 6.07) is 13.0. The molecule has 0 unspecified atom stereocenters. The largest absolute Gasteiger partial charge is 0.497 e. The highest BCUT2D eigenvalue weighted by Crippen LogP contribution is 2.27. The van der Waals surface area contributed by atoms with Crippen LogP contribution in [0.4, 0.5) is 0 Å². The SMILES string of the molecule is COc1ccc(Sc2cccc(C(N)=NO)n2)cc1. The zero-order valence-electron chi connectivity index (χ0n) is 10.3. The van der Waals surface area contributed by atoms with Crippen molar-refractivity contribution in [2.45, 2.75) is 9.92 Å². The van der Waals surface area contributed by atoms with Crippen LogP contribution in [0.15, 0.2) is 57.5 Å². The van der Waals surface area contributed by atoms with Crippen LogP contribution in [0.2, 0.25) is 0 Å². The molecule has 0 bridgehead atoms. The molecule has 0 fully saturated rings. The first-order chi connectivity index (χ1) is 9.22. The highest BCUT2D eigenvalue weighted by atomic mass is 32.2. The third-order valence-electron chi connectivity index (χ3n) is 2.38. The van der Waals surface area contributed by atoms with Crippen molar-refractivity contribution in [2.24, 2.45) is 10.9 Å². The first-order valence-electron chi connectivity index (χ1n) is 5.50. The van der Waals surface area contributed by atoms with E-state index in [9.17, 15) is 0 Å². The molecule has 0 saturated heterocycles. The summed E-state index contributed by atoms with van der Waals surface area (Å²) < 4.78 is 5.10. The zero-order valence-corrected chi connectivity index (χ0v) is 11.1. The van der Waals surface area contributed by atoms with Gasteiger partial charge in [0.15, 0.2) is 5.84 Å². The maximum atomic E-state index is 8.63. The standard InChI is InChI=1S/C13H13N3O2S/c1-18-9-5-7-10(8-6-9)19-12-4-2-3-11(15-12)13(14)16-17/h2-8,17H,1H3,(H2,14,16). The Balaban J connectivity index is 2.18. The lowest BCUT2D eigenvalue weighted by atomic mass is 10.3. The molecule has 1 aromatic carbocycles. The lowest BCUT2D eigenvalue weighted by Crippen LogP contribution is -2.14. The van der Waals surface area contributed by atoms with Gasteiger partial charge in [0.2, 0.25) is 0 Å². The maximum absolute atomic E-state index is 8.63. The smallest absolute Gasteiger partial charge is 0.188 e. The number of nitrogens with zero attached hydrogens (tertiary/aromatic N) is 2. The minimum atomic E-state index is -0.00261. The number of benzene rings is 1. The summed E-state index contributed by atoms with van der Waals surface area (Å²) in [4.78, 5) is 5.33. The fraction of sp³-hybridized carbons (Fsp3) is 0.0769. The number of rotatable bonds is 4. The normalized spacial score (nSPS) is 11.3. The number of amidine groups is 1. The molecule has 0 radical (unpaired) electrons. The Morgan fingerprint density at radius 1 is 1.26 bits per heavy atom. The lowest BCUT2D eigenvalue weighted by Gasteiger charge is -2.04. The van der Waals surface area contributed by atoms with Crippen LogP contribution in [0.1, 0.15) is 5.69 Å². The Morgan fingerprint density at radius 2 is 2.00 bits per heavy atom. The van der Waals surface area contributed by atoms with Gasteiger partial charge in [-0.25, -0.2) is 4.98 Å². The van der Waals surface area contributed by atoms with Gasteiger partial charge in [0.25, 0.3) is 0 Å². The number of nitrogens with two attached hydrogens (primary N) is 1. The van der Waals surface area contributed by atoms with Crippen molar-refractivity contribution in [1.29, 1.82) is 0 Å². The first kappa shape index (κ1) is 13.2. The van der Waals surface area contributed by atoms with E-state index in [-0.39, 0.29) is 5.84 Å². The van der Waals surface area contributed by atoms with Crippen LogP contribution in [-0.4, -0.2) is 23.1 Å². The van der Waals surface area contributed by atoms with Crippen LogP contribution < -0.4 is 10.5 Å². The fourth-order valence-corrected chi connectivity index (χ4v) is 2.23. The van der Waals surface area contributed by atoms with Crippen molar-refractivity contribution < 1.29 is 9.94 Å². The number of hydrogen-bond donors (Lipinski definition) is 2. The predicted octanol–water partition coefficient (Wildman–Crippen LogP) is 2.34.